The Balaban J connectivity index is 2.18. The van der Waals surface area contributed by atoms with Gasteiger partial charge in [0.2, 0.25) is 0 Å². The molecule has 3 rings (SSSR count). The summed E-state index contributed by atoms with van der Waals surface area (Å²) in [5, 5.41) is 4.38. The molecule has 0 saturated carbocycles. The molecule has 0 saturated heterocycles. The molecule has 2 heterocycles. The minimum Gasteiger partial charge on any atom is -0.383 e. The number of anilines is 1. The second kappa shape index (κ2) is 5.13. The van der Waals surface area contributed by atoms with Gasteiger partial charge < -0.3 is 5.73 Å². The quantitative estimate of drug-likeness (QED) is 0.789. The van der Waals surface area contributed by atoms with Crippen LogP contribution in [0.5, 0.6) is 0 Å². The summed E-state index contributed by atoms with van der Waals surface area (Å²) >= 11 is 0. The number of hydrogen-bond acceptors (Lipinski definition) is 4. The number of nitrogen functional groups attached to an aromatic ring is 1. The lowest BCUT2D eigenvalue weighted by atomic mass is 10.1. The molecule has 0 aliphatic heterocycles. The summed E-state index contributed by atoms with van der Waals surface area (Å²) in [5.74, 6) is 0.526. The number of nitrogens with zero attached hydrogens (tertiary/aromatic N) is 4. The summed E-state index contributed by atoms with van der Waals surface area (Å²) < 4.78 is 1.86. The van der Waals surface area contributed by atoms with Crippen LogP contribution < -0.4 is 5.73 Å². The van der Waals surface area contributed by atoms with Crippen molar-refractivity contribution >= 4 is 5.82 Å². The summed E-state index contributed by atoms with van der Waals surface area (Å²) in [4.78, 5) is 8.45. The Hall–Kier alpha value is -2.69. The van der Waals surface area contributed by atoms with Crippen molar-refractivity contribution in [2.75, 3.05) is 5.73 Å². The van der Waals surface area contributed by atoms with Crippen LogP contribution in [0.15, 0.2) is 48.9 Å². The van der Waals surface area contributed by atoms with E-state index in [1.807, 2.05) is 48.0 Å². The molecule has 0 aliphatic rings. The molecule has 2 aromatic heterocycles. The number of hydrogen-bond donors (Lipinski definition) is 1. The van der Waals surface area contributed by atoms with E-state index in [1.54, 1.807) is 6.20 Å². The van der Waals surface area contributed by atoms with Gasteiger partial charge in [0.25, 0.3) is 0 Å². The van der Waals surface area contributed by atoms with Gasteiger partial charge in [0.15, 0.2) is 0 Å². The largest absolute Gasteiger partial charge is 0.383 e. The van der Waals surface area contributed by atoms with Crippen molar-refractivity contribution in [2.45, 2.75) is 13.3 Å². The minimum absolute atomic E-state index is 0.526. The standard InChI is InChI=1S/C15H15N5/c1-2-12-14(17-10-18-15(12)16)13-8-9-19-20(13)11-6-4-3-5-7-11/h3-10H,2H2,1H3,(H2,16,17,18). The van der Waals surface area contributed by atoms with Gasteiger partial charge in [0.05, 0.1) is 23.3 Å². The van der Waals surface area contributed by atoms with Gasteiger partial charge in [-0.3, -0.25) is 0 Å². The van der Waals surface area contributed by atoms with Gasteiger partial charge in [-0.2, -0.15) is 5.10 Å². The summed E-state index contributed by atoms with van der Waals surface area (Å²) in [5.41, 5.74) is 9.64. The van der Waals surface area contributed by atoms with Crippen LogP contribution in [0.25, 0.3) is 17.1 Å². The predicted octanol–water partition coefficient (Wildman–Crippen LogP) is 2.47. The van der Waals surface area contributed by atoms with Crippen LogP contribution in [-0.4, -0.2) is 19.7 Å². The Morgan fingerprint density at radius 2 is 1.90 bits per heavy atom. The van der Waals surface area contributed by atoms with E-state index in [1.165, 1.54) is 6.33 Å². The first-order valence-electron chi connectivity index (χ1n) is 6.50. The molecule has 0 bridgehead atoms. The first kappa shape index (κ1) is 12.3. The maximum atomic E-state index is 5.95. The van der Waals surface area contributed by atoms with E-state index in [0.717, 1.165) is 29.1 Å². The zero-order valence-electron chi connectivity index (χ0n) is 11.2. The molecule has 0 unspecified atom stereocenters. The van der Waals surface area contributed by atoms with Crippen molar-refractivity contribution in [3.8, 4) is 17.1 Å². The highest BCUT2D eigenvalue weighted by Gasteiger charge is 2.14. The lowest BCUT2D eigenvalue weighted by Gasteiger charge is -2.11. The first-order chi connectivity index (χ1) is 9.81. The Bertz CT molecular complexity index is 718. The maximum Gasteiger partial charge on any atom is 0.130 e. The Labute approximate surface area is 117 Å². The van der Waals surface area contributed by atoms with Crippen LogP contribution in [-0.2, 0) is 6.42 Å². The van der Waals surface area contributed by atoms with Crippen LogP contribution in [0.1, 0.15) is 12.5 Å². The molecule has 3 aromatic rings. The highest BCUT2D eigenvalue weighted by Crippen LogP contribution is 2.26. The van der Waals surface area contributed by atoms with Crippen molar-refractivity contribution in [3.63, 3.8) is 0 Å². The maximum absolute atomic E-state index is 5.95. The van der Waals surface area contributed by atoms with E-state index in [9.17, 15) is 0 Å². The van der Waals surface area contributed by atoms with E-state index < -0.39 is 0 Å². The van der Waals surface area contributed by atoms with E-state index in [-0.39, 0.29) is 0 Å². The third-order valence-corrected chi connectivity index (χ3v) is 3.22. The molecule has 0 radical (unpaired) electrons. The fourth-order valence-electron chi connectivity index (χ4n) is 2.25. The molecule has 20 heavy (non-hydrogen) atoms. The zero-order valence-corrected chi connectivity index (χ0v) is 11.2. The number of aromatic nitrogens is 4. The highest BCUT2D eigenvalue weighted by atomic mass is 15.3. The average molecular weight is 265 g/mol. The second-order valence-corrected chi connectivity index (χ2v) is 4.40. The molecule has 100 valence electrons. The summed E-state index contributed by atoms with van der Waals surface area (Å²) in [7, 11) is 0. The van der Waals surface area contributed by atoms with Gasteiger partial charge >= 0.3 is 0 Å². The predicted molar refractivity (Wildman–Crippen MR) is 78.4 cm³/mol. The van der Waals surface area contributed by atoms with Crippen molar-refractivity contribution in [2.24, 2.45) is 0 Å². The lowest BCUT2D eigenvalue weighted by Crippen LogP contribution is -2.05. The third-order valence-electron chi connectivity index (χ3n) is 3.22. The summed E-state index contributed by atoms with van der Waals surface area (Å²) in [6.45, 7) is 2.04. The van der Waals surface area contributed by atoms with Gasteiger partial charge in [-0.05, 0) is 24.6 Å². The third kappa shape index (κ3) is 2.03. The van der Waals surface area contributed by atoms with E-state index in [4.69, 9.17) is 5.73 Å². The summed E-state index contributed by atoms with van der Waals surface area (Å²) in [6.07, 6.45) is 4.04. The van der Waals surface area contributed by atoms with Crippen molar-refractivity contribution in [1.82, 2.24) is 19.7 Å². The average Bonchev–Trinajstić information content (AvgIpc) is 2.97. The molecular formula is C15H15N5. The van der Waals surface area contributed by atoms with E-state index >= 15 is 0 Å². The summed E-state index contributed by atoms with van der Waals surface area (Å²) in [6, 6.07) is 11.9. The molecule has 1 aromatic carbocycles. The van der Waals surface area contributed by atoms with Gasteiger partial charge in [-0.15, -0.1) is 0 Å². The van der Waals surface area contributed by atoms with E-state index in [2.05, 4.69) is 15.1 Å². The SMILES string of the molecule is CCc1c(N)ncnc1-c1ccnn1-c1ccccc1. The molecule has 0 aliphatic carbocycles. The van der Waals surface area contributed by atoms with Crippen LogP contribution in [0.3, 0.4) is 0 Å². The second-order valence-electron chi connectivity index (χ2n) is 4.40. The lowest BCUT2D eigenvalue weighted by molar-refractivity contribution is 0.879. The van der Waals surface area contributed by atoms with Crippen LogP contribution in [0.2, 0.25) is 0 Å². The van der Waals surface area contributed by atoms with Crippen molar-refractivity contribution in [1.29, 1.82) is 0 Å². The van der Waals surface area contributed by atoms with Crippen LogP contribution >= 0.6 is 0 Å². The number of nitrogens with two attached hydrogens (primary N) is 1. The monoisotopic (exact) mass is 265 g/mol. The molecule has 0 amide bonds. The first-order valence-corrected chi connectivity index (χ1v) is 6.50. The molecule has 2 N–H and O–H groups in total. The molecule has 5 nitrogen and oxygen atoms in total. The van der Waals surface area contributed by atoms with E-state index in [0.29, 0.717) is 5.82 Å². The molecule has 0 atom stereocenters. The normalized spacial score (nSPS) is 10.7. The zero-order chi connectivity index (χ0) is 13.9. The molecule has 0 fully saturated rings. The number of rotatable bonds is 3. The highest BCUT2D eigenvalue weighted by molar-refractivity contribution is 5.66. The van der Waals surface area contributed by atoms with Crippen LogP contribution in [0, 0.1) is 0 Å². The number of benzene rings is 1. The van der Waals surface area contributed by atoms with Crippen LogP contribution in [0.4, 0.5) is 5.82 Å². The fraction of sp³-hybridized carbons (Fsp3) is 0.133. The minimum atomic E-state index is 0.526. The van der Waals surface area contributed by atoms with Crippen molar-refractivity contribution < 1.29 is 0 Å². The van der Waals surface area contributed by atoms with Gasteiger partial charge in [-0.25, -0.2) is 14.6 Å². The van der Waals surface area contributed by atoms with Crippen molar-refractivity contribution in [3.05, 3.63) is 54.5 Å². The van der Waals surface area contributed by atoms with Gasteiger partial charge in [0.1, 0.15) is 12.1 Å². The Kier molecular flexibility index (Phi) is 3.16. The fourth-order valence-corrected chi connectivity index (χ4v) is 2.25. The molecular weight excluding hydrogens is 250 g/mol. The smallest absolute Gasteiger partial charge is 0.130 e. The van der Waals surface area contributed by atoms with Gasteiger partial charge in [-0.1, -0.05) is 25.1 Å². The van der Waals surface area contributed by atoms with Gasteiger partial charge in [0, 0.05) is 5.56 Å². The Morgan fingerprint density at radius 1 is 1.10 bits per heavy atom. The topological polar surface area (TPSA) is 69.6 Å². The Morgan fingerprint density at radius 3 is 2.65 bits per heavy atom. The number of para-hydroxylation sites is 1. The molecule has 0 spiro atoms. The molecule has 5 heteroatoms.